The van der Waals surface area contributed by atoms with Crippen molar-refractivity contribution < 1.29 is 0 Å². The van der Waals surface area contributed by atoms with E-state index < -0.39 is 0 Å². The van der Waals surface area contributed by atoms with Crippen molar-refractivity contribution in [1.29, 1.82) is 0 Å². The molecule has 0 atom stereocenters. The van der Waals surface area contributed by atoms with Crippen LogP contribution in [0.15, 0.2) is 57.5 Å². The summed E-state index contributed by atoms with van der Waals surface area (Å²) in [5.41, 5.74) is 4.27. The first-order valence-corrected chi connectivity index (χ1v) is 9.17. The van der Waals surface area contributed by atoms with E-state index in [9.17, 15) is 0 Å². The lowest BCUT2D eigenvalue weighted by molar-refractivity contribution is 1.38. The number of halogens is 1. The Hall–Kier alpha value is -0.390. The zero-order chi connectivity index (χ0) is 13.1. The summed E-state index contributed by atoms with van der Waals surface area (Å²) in [7, 11) is 0. The smallest absolute Gasteiger partial charge is 0.0603 e. The molecular weight excluding hydrogens is 383 g/mol. The molecule has 0 amide bonds. The van der Waals surface area contributed by atoms with Crippen LogP contribution in [0.5, 0.6) is 0 Å². The molecular formula is C16H13IS2. The van der Waals surface area contributed by atoms with Crippen LogP contribution in [0.2, 0.25) is 0 Å². The van der Waals surface area contributed by atoms with Crippen molar-refractivity contribution in [3.63, 3.8) is 0 Å². The van der Waals surface area contributed by atoms with Crippen LogP contribution in [0.25, 0.3) is 4.91 Å². The van der Waals surface area contributed by atoms with Gasteiger partial charge in [0.1, 0.15) is 0 Å². The van der Waals surface area contributed by atoms with Crippen LogP contribution in [0, 0.1) is 0 Å². The second-order valence-electron chi connectivity index (χ2n) is 4.32. The van der Waals surface area contributed by atoms with E-state index in [0.29, 0.717) is 0 Å². The molecule has 3 rings (SSSR count). The summed E-state index contributed by atoms with van der Waals surface area (Å²) in [6.07, 6.45) is 0. The van der Waals surface area contributed by atoms with Gasteiger partial charge in [-0.05, 0) is 39.3 Å². The highest BCUT2D eigenvalue weighted by atomic mass is 127. The summed E-state index contributed by atoms with van der Waals surface area (Å²) in [5.74, 6) is 2.14. The van der Waals surface area contributed by atoms with Crippen LogP contribution < -0.4 is 0 Å². The van der Waals surface area contributed by atoms with E-state index in [2.05, 4.69) is 77.2 Å². The van der Waals surface area contributed by atoms with Gasteiger partial charge >= 0.3 is 0 Å². The van der Waals surface area contributed by atoms with Crippen molar-refractivity contribution in [1.82, 2.24) is 0 Å². The molecule has 3 heteroatoms. The fourth-order valence-corrected chi connectivity index (χ4v) is 5.37. The first-order valence-electron chi connectivity index (χ1n) is 6.12. The summed E-state index contributed by atoms with van der Waals surface area (Å²) in [6.45, 7) is 0. The Morgan fingerprint density at radius 1 is 1.00 bits per heavy atom. The molecule has 0 bridgehead atoms. The lowest BCUT2D eigenvalue weighted by atomic mass is 10.1. The minimum Gasteiger partial charge on any atom is -0.119 e. The van der Waals surface area contributed by atoms with Gasteiger partial charge in [-0.3, -0.25) is 0 Å². The van der Waals surface area contributed by atoms with Crippen LogP contribution >= 0.6 is 46.1 Å². The van der Waals surface area contributed by atoms with Gasteiger partial charge in [-0.1, -0.05) is 54.6 Å². The predicted molar refractivity (Wildman–Crippen MR) is 96.4 cm³/mol. The van der Waals surface area contributed by atoms with E-state index in [0.717, 1.165) is 11.5 Å². The highest BCUT2D eigenvalue weighted by Gasteiger charge is 2.17. The van der Waals surface area contributed by atoms with Crippen molar-refractivity contribution in [2.45, 2.75) is 11.5 Å². The van der Waals surface area contributed by atoms with Gasteiger partial charge in [0, 0.05) is 16.4 Å². The van der Waals surface area contributed by atoms with Crippen LogP contribution in [-0.4, -0.2) is 0 Å². The second kappa shape index (κ2) is 6.37. The van der Waals surface area contributed by atoms with Crippen LogP contribution in [0.4, 0.5) is 0 Å². The molecule has 0 aromatic heterocycles. The highest BCUT2D eigenvalue weighted by molar-refractivity contribution is 14.1. The van der Waals surface area contributed by atoms with Crippen molar-refractivity contribution >= 4 is 51.0 Å². The minimum absolute atomic E-state index is 1.04. The molecule has 96 valence electrons. The molecule has 0 radical (unpaired) electrons. The third-order valence-electron chi connectivity index (χ3n) is 3.02. The summed E-state index contributed by atoms with van der Waals surface area (Å²) < 4.78 is 1.43. The Kier molecular flexibility index (Phi) is 4.56. The standard InChI is InChI=1S/C16H13IS2/c17-16-15(18-10-12-6-2-1-3-7-12)14-9-5-4-8-13(14)11-19-16/h1-9H,10-11H2. The summed E-state index contributed by atoms with van der Waals surface area (Å²) in [6, 6.07) is 19.5. The van der Waals surface area contributed by atoms with Gasteiger partial charge in [-0.15, -0.1) is 23.5 Å². The Balaban J connectivity index is 1.83. The molecule has 0 N–H and O–H groups in total. The Morgan fingerprint density at radius 3 is 2.58 bits per heavy atom. The average molecular weight is 396 g/mol. The number of hydrogen-bond donors (Lipinski definition) is 0. The fourth-order valence-electron chi connectivity index (χ4n) is 2.04. The number of thioether (sulfide) groups is 2. The number of hydrogen-bond acceptors (Lipinski definition) is 2. The predicted octanol–water partition coefficient (Wildman–Crippen LogP) is 5.93. The molecule has 1 aliphatic heterocycles. The molecule has 1 aliphatic rings. The first-order chi connectivity index (χ1) is 9.34. The lowest BCUT2D eigenvalue weighted by Gasteiger charge is -2.19. The number of fused-ring (bicyclic) bond motifs is 1. The Bertz CT molecular complexity index is 605. The molecule has 2 aromatic rings. The zero-order valence-corrected chi connectivity index (χ0v) is 14.1. The van der Waals surface area contributed by atoms with E-state index in [-0.39, 0.29) is 0 Å². The van der Waals surface area contributed by atoms with Gasteiger partial charge in [-0.25, -0.2) is 0 Å². The van der Waals surface area contributed by atoms with Crippen LogP contribution in [0.1, 0.15) is 16.7 Å². The van der Waals surface area contributed by atoms with Crippen molar-refractivity contribution in [3.8, 4) is 0 Å². The van der Waals surface area contributed by atoms with Gasteiger partial charge in [0.05, 0.1) is 2.91 Å². The summed E-state index contributed by atoms with van der Waals surface area (Å²) in [5, 5.41) is 0. The topological polar surface area (TPSA) is 0 Å². The molecule has 0 saturated carbocycles. The number of benzene rings is 2. The minimum atomic E-state index is 1.04. The Labute approximate surface area is 136 Å². The van der Waals surface area contributed by atoms with E-state index in [1.807, 2.05) is 23.5 Å². The van der Waals surface area contributed by atoms with Crippen LogP contribution in [0.3, 0.4) is 0 Å². The number of rotatable bonds is 3. The van der Waals surface area contributed by atoms with Gasteiger partial charge in [-0.2, -0.15) is 0 Å². The maximum Gasteiger partial charge on any atom is 0.0603 e. The molecule has 0 spiro atoms. The van der Waals surface area contributed by atoms with Crippen molar-refractivity contribution in [2.24, 2.45) is 0 Å². The second-order valence-corrected chi connectivity index (χ2v) is 8.10. The quantitative estimate of drug-likeness (QED) is 0.590. The van der Waals surface area contributed by atoms with E-state index in [4.69, 9.17) is 0 Å². The SMILES string of the molecule is IC1=C(SCc2ccccc2)c2ccccc2CS1. The molecule has 0 nitrogen and oxygen atoms in total. The van der Waals surface area contributed by atoms with Gasteiger partial charge in [0.2, 0.25) is 0 Å². The molecule has 2 aromatic carbocycles. The van der Waals surface area contributed by atoms with E-state index in [1.54, 1.807) is 0 Å². The van der Waals surface area contributed by atoms with E-state index >= 15 is 0 Å². The third-order valence-corrected chi connectivity index (χ3v) is 7.09. The largest absolute Gasteiger partial charge is 0.119 e. The molecule has 0 saturated heterocycles. The highest BCUT2D eigenvalue weighted by Crippen LogP contribution is 2.47. The van der Waals surface area contributed by atoms with Gasteiger partial charge in [0.15, 0.2) is 0 Å². The maximum atomic E-state index is 2.48. The van der Waals surface area contributed by atoms with Gasteiger partial charge < -0.3 is 0 Å². The summed E-state index contributed by atoms with van der Waals surface area (Å²) in [4.78, 5) is 1.44. The molecule has 1 heterocycles. The average Bonchev–Trinajstić information content (AvgIpc) is 2.47. The molecule has 19 heavy (non-hydrogen) atoms. The third kappa shape index (κ3) is 3.20. The first kappa shape index (κ1) is 13.6. The van der Waals surface area contributed by atoms with E-state index in [1.165, 1.54) is 24.5 Å². The molecule has 0 unspecified atom stereocenters. The summed E-state index contributed by atoms with van der Waals surface area (Å²) >= 11 is 6.38. The van der Waals surface area contributed by atoms with Crippen molar-refractivity contribution in [2.75, 3.05) is 0 Å². The Morgan fingerprint density at radius 2 is 1.74 bits per heavy atom. The van der Waals surface area contributed by atoms with Crippen molar-refractivity contribution in [3.05, 3.63) is 74.2 Å². The fraction of sp³-hybridized carbons (Fsp3) is 0.125. The molecule has 0 fully saturated rings. The maximum absolute atomic E-state index is 2.48. The lowest BCUT2D eigenvalue weighted by Crippen LogP contribution is -1.96. The van der Waals surface area contributed by atoms with Crippen LogP contribution in [-0.2, 0) is 11.5 Å². The normalized spacial score (nSPS) is 14.4. The monoisotopic (exact) mass is 396 g/mol. The van der Waals surface area contributed by atoms with Gasteiger partial charge in [0.25, 0.3) is 0 Å². The molecule has 0 aliphatic carbocycles. The zero-order valence-electron chi connectivity index (χ0n) is 10.3.